The number of hydrogen-bond donors (Lipinski definition) is 2. The number of rotatable bonds is 4. The summed E-state index contributed by atoms with van der Waals surface area (Å²) in [5.41, 5.74) is 7.76. The molecule has 0 aromatic heterocycles. The highest BCUT2D eigenvalue weighted by Crippen LogP contribution is 2.19. The lowest BCUT2D eigenvalue weighted by Gasteiger charge is -2.08. The van der Waals surface area contributed by atoms with Crippen LogP contribution in [0.3, 0.4) is 0 Å². The van der Waals surface area contributed by atoms with E-state index in [0.29, 0.717) is 17.1 Å². The Hall–Kier alpha value is -1.40. The first-order chi connectivity index (χ1) is 6.77. The van der Waals surface area contributed by atoms with E-state index in [9.17, 15) is 0 Å². The average molecular weight is 210 g/mol. The van der Waals surface area contributed by atoms with Crippen LogP contribution in [0.2, 0.25) is 0 Å². The van der Waals surface area contributed by atoms with Crippen LogP contribution in [0.1, 0.15) is 12.0 Å². The predicted octanol–water partition coefficient (Wildman–Crippen LogP) is 2.18. The van der Waals surface area contributed by atoms with Gasteiger partial charge >= 0.3 is 0 Å². The fourth-order valence-electron chi connectivity index (χ4n) is 1.08. The minimum Gasteiger partial charge on any atom is -0.397 e. The van der Waals surface area contributed by atoms with Gasteiger partial charge in [0.25, 0.3) is 0 Å². The van der Waals surface area contributed by atoms with Crippen LogP contribution < -0.4 is 11.1 Å². The van der Waals surface area contributed by atoms with Crippen LogP contribution in [0.15, 0.2) is 18.2 Å². The Balaban J connectivity index is 2.65. The number of nitrogens with zero attached hydrogens (tertiary/aromatic N) is 1. The molecule has 0 fully saturated rings. The van der Waals surface area contributed by atoms with Gasteiger partial charge in [-0.2, -0.15) is 5.26 Å². The average Bonchev–Trinajstić information content (AvgIpc) is 2.20. The fraction of sp³-hybridized carbons (Fsp3) is 0.300. The molecule has 14 heavy (non-hydrogen) atoms. The van der Waals surface area contributed by atoms with Gasteiger partial charge in [0.15, 0.2) is 0 Å². The second-order valence-electron chi connectivity index (χ2n) is 2.88. The fourth-order valence-corrected chi connectivity index (χ4v) is 1.22. The second kappa shape index (κ2) is 5.36. The second-order valence-corrected chi connectivity index (χ2v) is 3.26. The van der Waals surface area contributed by atoms with Gasteiger partial charge in [-0.3, -0.25) is 0 Å². The van der Waals surface area contributed by atoms with E-state index in [0.717, 1.165) is 18.7 Å². The summed E-state index contributed by atoms with van der Waals surface area (Å²) >= 11 is 5.54. The van der Waals surface area contributed by atoms with Crippen molar-refractivity contribution in [3.63, 3.8) is 0 Å². The molecular formula is C10H12ClN3. The molecule has 0 amide bonds. The van der Waals surface area contributed by atoms with E-state index in [2.05, 4.69) is 5.32 Å². The molecule has 0 aliphatic rings. The van der Waals surface area contributed by atoms with Crippen molar-refractivity contribution in [1.29, 1.82) is 5.26 Å². The van der Waals surface area contributed by atoms with Crippen molar-refractivity contribution in [1.82, 2.24) is 0 Å². The summed E-state index contributed by atoms with van der Waals surface area (Å²) in [4.78, 5) is 0. The molecule has 1 aromatic carbocycles. The lowest BCUT2D eigenvalue weighted by atomic mass is 10.2. The standard InChI is InChI=1S/C10H12ClN3/c11-4-1-5-14-10-3-2-8(7-12)6-9(10)13/h2-3,6,14H,1,4-5,13H2. The molecule has 0 radical (unpaired) electrons. The first-order valence-electron chi connectivity index (χ1n) is 4.37. The molecule has 0 saturated heterocycles. The van der Waals surface area contributed by atoms with Gasteiger partial charge in [-0.05, 0) is 24.6 Å². The molecule has 0 saturated carbocycles. The van der Waals surface area contributed by atoms with Crippen LogP contribution in [0.5, 0.6) is 0 Å². The number of nitriles is 1. The van der Waals surface area contributed by atoms with E-state index in [1.165, 1.54) is 0 Å². The van der Waals surface area contributed by atoms with Crippen LogP contribution >= 0.6 is 11.6 Å². The number of benzene rings is 1. The highest BCUT2D eigenvalue weighted by Gasteiger charge is 1.99. The number of nitrogens with one attached hydrogen (secondary N) is 1. The third kappa shape index (κ3) is 2.82. The smallest absolute Gasteiger partial charge is 0.0992 e. The molecule has 1 aromatic rings. The minimum absolute atomic E-state index is 0.574. The molecule has 1 rings (SSSR count). The van der Waals surface area contributed by atoms with Gasteiger partial charge < -0.3 is 11.1 Å². The van der Waals surface area contributed by atoms with Gasteiger partial charge in [0.2, 0.25) is 0 Å². The molecule has 4 heteroatoms. The maximum Gasteiger partial charge on any atom is 0.0992 e. The van der Waals surface area contributed by atoms with Crippen molar-refractivity contribution in [2.45, 2.75) is 6.42 Å². The van der Waals surface area contributed by atoms with Crippen LogP contribution in [0, 0.1) is 11.3 Å². The van der Waals surface area contributed by atoms with E-state index in [-0.39, 0.29) is 0 Å². The SMILES string of the molecule is N#Cc1ccc(NCCCCl)c(N)c1. The predicted molar refractivity (Wildman–Crippen MR) is 59.4 cm³/mol. The molecule has 3 nitrogen and oxygen atoms in total. The molecule has 0 atom stereocenters. The van der Waals surface area contributed by atoms with Crippen LogP contribution in [-0.2, 0) is 0 Å². The highest BCUT2D eigenvalue weighted by molar-refractivity contribution is 6.17. The highest BCUT2D eigenvalue weighted by atomic mass is 35.5. The van der Waals surface area contributed by atoms with Crippen LogP contribution in [-0.4, -0.2) is 12.4 Å². The molecular weight excluding hydrogens is 198 g/mol. The number of anilines is 2. The summed E-state index contributed by atoms with van der Waals surface area (Å²) in [5.74, 6) is 0.628. The Morgan fingerprint density at radius 1 is 1.50 bits per heavy atom. The monoisotopic (exact) mass is 209 g/mol. The summed E-state index contributed by atoms with van der Waals surface area (Å²) in [5, 5.41) is 11.8. The first-order valence-corrected chi connectivity index (χ1v) is 4.91. The van der Waals surface area contributed by atoms with Crippen molar-refractivity contribution in [2.75, 3.05) is 23.5 Å². The van der Waals surface area contributed by atoms with E-state index in [4.69, 9.17) is 22.6 Å². The molecule has 0 aliphatic carbocycles. The maximum atomic E-state index is 8.62. The Labute approximate surface area is 88.5 Å². The quantitative estimate of drug-likeness (QED) is 0.454. The van der Waals surface area contributed by atoms with E-state index < -0.39 is 0 Å². The molecule has 0 bridgehead atoms. The van der Waals surface area contributed by atoms with Gasteiger partial charge in [-0.1, -0.05) is 0 Å². The van der Waals surface area contributed by atoms with Crippen LogP contribution in [0.25, 0.3) is 0 Å². The zero-order chi connectivity index (χ0) is 10.4. The van der Waals surface area contributed by atoms with E-state index >= 15 is 0 Å². The largest absolute Gasteiger partial charge is 0.397 e. The Morgan fingerprint density at radius 2 is 2.29 bits per heavy atom. The lowest BCUT2D eigenvalue weighted by Crippen LogP contribution is -2.04. The van der Waals surface area contributed by atoms with Crippen molar-refractivity contribution >= 4 is 23.0 Å². The van der Waals surface area contributed by atoms with Gasteiger partial charge in [-0.25, -0.2) is 0 Å². The molecule has 74 valence electrons. The normalized spacial score (nSPS) is 9.43. The number of halogens is 1. The van der Waals surface area contributed by atoms with Crippen LogP contribution in [0.4, 0.5) is 11.4 Å². The van der Waals surface area contributed by atoms with Crippen molar-refractivity contribution in [3.05, 3.63) is 23.8 Å². The Morgan fingerprint density at radius 3 is 2.86 bits per heavy atom. The van der Waals surface area contributed by atoms with E-state index in [1.807, 2.05) is 12.1 Å². The summed E-state index contributed by atoms with van der Waals surface area (Å²) in [6.45, 7) is 0.791. The number of nitrogen functional groups attached to an aromatic ring is 1. The summed E-state index contributed by atoms with van der Waals surface area (Å²) < 4.78 is 0. The summed E-state index contributed by atoms with van der Waals surface area (Å²) in [6.07, 6.45) is 0.890. The van der Waals surface area contributed by atoms with Gasteiger partial charge in [-0.15, -0.1) is 11.6 Å². The van der Waals surface area contributed by atoms with Gasteiger partial charge in [0.05, 0.1) is 23.0 Å². The summed E-state index contributed by atoms with van der Waals surface area (Å²) in [6, 6.07) is 7.23. The number of nitrogens with two attached hydrogens (primary N) is 1. The third-order valence-electron chi connectivity index (χ3n) is 1.81. The zero-order valence-corrected chi connectivity index (χ0v) is 8.51. The molecule has 3 N–H and O–H groups in total. The number of alkyl halides is 1. The topological polar surface area (TPSA) is 61.8 Å². The van der Waals surface area contributed by atoms with Crippen molar-refractivity contribution < 1.29 is 0 Å². The van der Waals surface area contributed by atoms with Gasteiger partial charge in [0, 0.05) is 12.4 Å². The lowest BCUT2D eigenvalue weighted by molar-refractivity contribution is 0.988. The Kier molecular flexibility index (Phi) is 4.09. The Bertz CT molecular complexity index is 344. The molecule has 0 aliphatic heterocycles. The summed E-state index contributed by atoms with van der Waals surface area (Å²) in [7, 11) is 0. The molecule has 0 spiro atoms. The van der Waals surface area contributed by atoms with Gasteiger partial charge in [0.1, 0.15) is 0 Å². The number of hydrogen-bond acceptors (Lipinski definition) is 3. The first kappa shape index (κ1) is 10.7. The van der Waals surface area contributed by atoms with E-state index in [1.54, 1.807) is 12.1 Å². The maximum absolute atomic E-state index is 8.62. The third-order valence-corrected chi connectivity index (χ3v) is 2.07. The zero-order valence-electron chi connectivity index (χ0n) is 7.76. The van der Waals surface area contributed by atoms with Crippen molar-refractivity contribution in [3.8, 4) is 6.07 Å². The molecule has 0 heterocycles. The molecule has 0 unspecified atom stereocenters. The van der Waals surface area contributed by atoms with Crippen molar-refractivity contribution in [2.24, 2.45) is 0 Å². The minimum atomic E-state index is 0.574.